The standard InChI is InChI=1S/C5H5.3C4H10N.C3F9Ge.Hf/c1-2-4-5-3-1;3*1-4(2)3-5;4-1(5,6)13(2(7,8)9)3(10,11)12;/h1-5H;3*4-5H,3H2,1-2H3;;/q4*-1;;+4. The van der Waals surface area contributed by atoms with Crippen LogP contribution < -0.4 is 0 Å². The number of rotatable bonds is 3. The Morgan fingerprint density at radius 3 is 0.794 bits per heavy atom. The fourth-order valence-corrected chi connectivity index (χ4v) is 2.83. The number of halogens is 9. The largest absolute Gasteiger partial charge is 4.00 e. The van der Waals surface area contributed by atoms with Crippen molar-refractivity contribution in [2.24, 2.45) is 17.8 Å². The van der Waals surface area contributed by atoms with E-state index in [2.05, 4.69) is 0 Å². The zero-order valence-corrected chi connectivity index (χ0v) is 25.8. The number of nitrogens with one attached hydrogen (secondary N) is 3. The second-order valence-electron chi connectivity index (χ2n) is 7.62. The van der Waals surface area contributed by atoms with E-state index >= 15 is 0 Å². The Morgan fingerprint density at radius 2 is 0.765 bits per heavy atom. The third-order valence-corrected chi connectivity index (χ3v) is 6.20. The van der Waals surface area contributed by atoms with Crippen molar-refractivity contribution < 1.29 is 65.4 Å². The maximum atomic E-state index is 11.3. The maximum Gasteiger partial charge on any atom is 4.00 e. The quantitative estimate of drug-likeness (QED) is 0.169. The third-order valence-electron chi connectivity index (χ3n) is 2.63. The van der Waals surface area contributed by atoms with Crippen LogP contribution in [0.15, 0.2) is 30.3 Å². The van der Waals surface area contributed by atoms with Crippen LogP contribution in [-0.4, -0.2) is 49.0 Å². The molecule has 0 fully saturated rings. The van der Waals surface area contributed by atoms with Gasteiger partial charge < -0.3 is 17.2 Å². The summed E-state index contributed by atoms with van der Waals surface area (Å²) in [4.78, 5) is 0. The molecule has 0 aliphatic rings. The minimum absolute atomic E-state index is 0. The summed E-state index contributed by atoms with van der Waals surface area (Å²) < 4.78 is 102. The van der Waals surface area contributed by atoms with Crippen LogP contribution in [-0.2, 0) is 25.8 Å². The maximum absolute atomic E-state index is 11.3. The summed E-state index contributed by atoms with van der Waals surface area (Å²) in [5.74, 6) is 1.65. The molecule has 0 saturated heterocycles. The number of hydrogen-bond acceptors (Lipinski definition) is 0. The van der Waals surface area contributed by atoms with E-state index in [9.17, 15) is 39.5 Å². The van der Waals surface area contributed by atoms with Crippen molar-refractivity contribution in [3.05, 3.63) is 47.5 Å². The molecule has 0 bridgehead atoms. The van der Waals surface area contributed by atoms with E-state index in [1.165, 1.54) is 0 Å². The van der Waals surface area contributed by atoms with Crippen molar-refractivity contribution in [1.82, 2.24) is 0 Å². The monoisotopic (exact) mass is 742 g/mol. The van der Waals surface area contributed by atoms with Crippen LogP contribution in [0.4, 0.5) is 39.5 Å². The van der Waals surface area contributed by atoms with Gasteiger partial charge in [0.15, 0.2) is 0 Å². The van der Waals surface area contributed by atoms with Crippen molar-refractivity contribution in [2.75, 3.05) is 19.6 Å². The van der Waals surface area contributed by atoms with Gasteiger partial charge in [-0.25, -0.2) is 12.1 Å². The van der Waals surface area contributed by atoms with Crippen molar-refractivity contribution in [1.29, 1.82) is 0 Å². The van der Waals surface area contributed by atoms with E-state index < -0.39 is 29.4 Å². The average molecular weight is 740 g/mol. The summed E-state index contributed by atoms with van der Waals surface area (Å²) in [6, 6.07) is 10.0. The van der Waals surface area contributed by atoms with Gasteiger partial charge in [-0.3, -0.25) is 0 Å². The Morgan fingerprint density at radius 1 is 0.588 bits per heavy atom. The van der Waals surface area contributed by atoms with E-state index in [1.807, 2.05) is 71.9 Å². The molecular weight excluding hydrogens is 704 g/mol. The number of hydrogen-bond donors (Lipinski definition) is 0. The van der Waals surface area contributed by atoms with E-state index in [0.29, 0.717) is 37.4 Å². The van der Waals surface area contributed by atoms with Crippen molar-refractivity contribution in [2.45, 2.75) is 56.6 Å². The summed E-state index contributed by atoms with van der Waals surface area (Å²) in [7, 11) is 0. The van der Waals surface area contributed by atoms with Crippen LogP contribution in [0, 0.1) is 17.8 Å². The first-order valence-corrected chi connectivity index (χ1v) is 13.0. The van der Waals surface area contributed by atoms with E-state index in [4.69, 9.17) is 17.2 Å². The predicted molar refractivity (Wildman–Crippen MR) is 118 cm³/mol. The Labute approximate surface area is 220 Å². The molecule has 14 heteroatoms. The van der Waals surface area contributed by atoms with E-state index in [0.717, 1.165) is 0 Å². The topological polar surface area (TPSA) is 71.4 Å². The molecule has 0 amide bonds. The van der Waals surface area contributed by atoms with Gasteiger partial charge in [0.05, 0.1) is 0 Å². The molecule has 0 aliphatic heterocycles. The smallest absolute Gasteiger partial charge is 0.214 e. The number of alkyl halides is 9. The van der Waals surface area contributed by atoms with Crippen molar-refractivity contribution >= 4 is 14.3 Å². The summed E-state index contributed by atoms with van der Waals surface area (Å²) in [5, 5.41) is -18.6. The molecule has 0 aliphatic carbocycles. The molecule has 3 N–H and O–H groups in total. The van der Waals surface area contributed by atoms with Gasteiger partial charge in [-0.15, -0.1) is 19.6 Å². The minimum atomic E-state index is -7.10. The van der Waals surface area contributed by atoms with Gasteiger partial charge in [0.2, 0.25) is 0 Å². The van der Waals surface area contributed by atoms with Gasteiger partial charge >= 0.3 is 94.7 Å². The second-order valence-corrected chi connectivity index (χ2v) is 12.8. The van der Waals surface area contributed by atoms with E-state index in [1.54, 1.807) is 0 Å². The SMILES string of the molecule is CC(C)C[NH-].CC(C)C[NH-].CC(C)C[NH-].F[C](F)(F)[Ge]([C](F)(F)F)[C](F)(F)F.[Hf+4].c1cc[cH-]c1. The fraction of sp³-hybridized carbons (Fsp3) is 0.750. The fourth-order valence-electron chi connectivity index (χ4n) is 0.803. The Hall–Kier alpha value is 0.0130. The van der Waals surface area contributed by atoms with Gasteiger partial charge in [-0.1, -0.05) is 59.3 Å². The molecule has 0 atom stereocenters. The van der Waals surface area contributed by atoms with Crippen LogP contribution in [0.3, 0.4) is 0 Å². The summed E-state index contributed by atoms with van der Waals surface area (Å²) >= 11 is -7.10. The Bertz CT molecular complexity index is 435. The molecule has 0 heterocycles. The van der Waals surface area contributed by atoms with Gasteiger partial charge in [-0.2, -0.15) is 18.2 Å². The zero-order chi connectivity index (χ0) is 27.5. The summed E-state index contributed by atoms with van der Waals surface area (Å²) in [6.45, 7) is 13.9. The summed E-state index contributed by atoms with van der Waals surface area (Å²) in [6.07, 6.45) is 0. The molecule has 201 valence electrons. The predicted octanol–water partition coefficient (Wildman–Crippen LogP) is 9.27. The van der Waals surface area contributed by atoms with Crippen LogP contribution in [0.1, 0.15) is 41.5 Å². The van der Waals surface area contributed by atoms with Gasteiger partial charge in [0, 0.05) is 0 Å². The molecule has 0 aromatic heterocycles. The molecule has 1 aromatic carbocycles. The molecule has 1 aromatic rings. The molecule has 1 rings (SSSR count). The molecule has 0 unspecified atom stereocenters. The van der Waals surface area contributed by atoms with Crippen LogP contribution >= 0.6 is 0 Å². The Kier molecular flexibility index (Phi) is 30.3. The molecule has 34 heavy (non-hydrogen) atoms. The molecule has 0 saturated carbocycles. The second kappa shape index (κ2) is 23.4. The first-order valence-electron chi connectivity index (χ1n) is 9.87. The van der Waals surface area contributed by atoms with Crippen LogP contribution in [0.25, 0.3) is 17.2 Å². The zero-order valence-electron chi connectivity index (χ0n) is 20.1. The average Bonchev–Trinajstić information content (AvgIpc) is 3.19. The van der Waals surface area contributed by atoms with Gasteiger partial charge in [0.1, 0.15) is 0 Å². The van der Waals surface area contributed by atoms with Crippen LogP contribution in [0.5, 0.6) is 0 Å². The van der Waals surface area contributed by atoms with Gasteiger partial charge in [0.25, 0.3) is 0 Å². The molecule has 1 radical (unpaired) electrons. The molecule has 0 spiro atoms. The first-order chi connectivity index (χ1) is 14.7. The van der Waals surface area contributed by atoms with E-state index in [-0.39, 0.29) is 25.8 Å². The van der Waals surface area contributed by atoms with Crippen molar-refractivity contribution in [3.8, 4) is 0 Å². The Balaban J connectivity index is -0.000000112. The first kappa shape index (κ1) is 44.0. The van der Waals surface area contributed by atoms with Crippen molar-refractivity contribution in [3.63, 3.8) is 0 Å². The van der Waals surface area contributed by atoms with Crippen LogP contribution in [0.2, 0.25) is 0 Å². The van der Waals surface area contributed by atoms with Gasteiger partial charge in [-0.05, 0) is 0 Å². The molecule has 3 nitrogen and oxygen atoms in total. The normalized spacial score (nSPS) is 11.2. The minimum Gasteiger partial charge on any atom is -0.214 e. The molecular formula is C20H35F9GeHfN3. The summed E-state index contributed by atoms with van der Waals surface area (Å²) in [5.41, 5.74) is 20.0. The third kappa shape index (κ3) is 36.6.